The molecular weight excluding hydrogens is 383 g/mol. The number of para-hydroxylation sites is 1. The minimum absolute atomic E-state index is 0.0922. The van der Waals surface area contributed by atoms with E-state index in [2.05, 4.69) is 10.2 Å². The lowest BCUT2D eigenvalue weighted by Gasteiger charge is -2.29. The molecule has 0 bridgehead atoms. The zero-order valence-electron chi connectivity index (χ0n) is 15.0. The first-order valence-corrected chi connectivity index (χ1v) is 9.56. The molecule has 1 amide bonds. The Morgan fingerprint density at radius 2 is 1.96 bits per heavy atom. The molecule has 0 radical (unpaired) electrons. The monoisotopic (exact) mass is 400 g/mol. The zero-order chi connectivity index (χ0) is 19.5. The highest BCUT2D eigenvalue weighted by Crippen LogP contribution is 2.26. The van der Waals surface area contributed by atoms with E-state index in [1.807, 2.05) is 6.07 Å². The number of nitrogens with zero attached hydrogens (tertiary/aromatic N) is 4. The molecule has 4 rings (SSSR count). The number of carbonyl (C=O) groups is 1. The van der Waals surface area contributed by atoms with Gasteiger partial charge in [-0.15, -0.1) is 10.2 Å². The van der Waals surface area contributed by atoms with E-state index in [0.29, 0.717) is 40.3 Å². The van der Waals surface area contributed by atoms with Gasteiger partial charge in [-0.25, -0.2) is 14.1 Å². The molecule has 1 aliphatic rings. The molecule has 0 spiro atoms. The maximum absolute atomic E-state index is 13.2. The Balaban J connectivity index is 1.60. The van der Waals surface area contributed by atoms with E-state index >= 15 is 0 Å². The molecule has 0 saturated heterocycles. The Labute approximate surface area is 165 Å². The molecule has 1 aromatic heterocycles. The van der Waals surface area contributed by atoms with Crippen LogP contribution in [0.1, 0.15) is 16.2 Å². The lowest BCUT2D eigenvalue weighted by molar-refractivity contribution is 0.0949. The number of benzene rings is 2. The van der Waals surface area contributed by atoms with Crippen LogP contribution in [0.3, 0.4) is 0 Å². The molecule has 2 heterocycles. The van der Waals surface area contributed by atoms with Crippen molar-refractivity contribution in [1.82, 2.24) is 14.9 Å². The van der Waals surface area contributed by atoms with Crippen molar-refractivity contribution in [3.63, 3.8) is 0 Å². The Morgan fingerprint density at radius 1 is 1.18 bits per heavy atom. The molecule has 144 valence electrons. The van der Waals surface area contributed by atoms with Gasteiger partial charge in [0.05, 0.1) is 19.2 Å². The molecule has 0 N–H and O–H groups in total. The van der Waals surface area contributed by atoms with Gasteiger partial charge in [0.25, 0.3) is 5.91 Å². The Bertz CT molecular complexity index is 993. The fourth-order valence-corrected chi connectivity index (χ4v) is 3.74. The quantitative estimate of drug-likeness (QED) is 0.656. The van der Waals surface area contributed by atoms with Gasteiger partial charge in [0.2, 0.25) is 5.16 Å². The summed E-state index contributed by atoms with van der Waals surface area (Å²) in [6, 6.07) is 12.8. The van der Waals surface area contributed by atoms with Gasteiger partial charge in [-0.1, -0.05) is 23.9 Å². The molecule has 9 heteroatoms. The van der Waals surface area contributed by atoms with Gasteiger partial charge in [-0.3, -0.25) is 4.79 Å². The number of fused-ring (bicyclic) bond motifs is 1. The third kappa shape index (κ3) is 3.53. The summed E-state index contributed by atoms with van der Waals surface area (Å²) in [5.74, 6) is 1.65. The molecule has 0 aliphatic carbocycles. The molecule has 1 aliphatic heterocycles. The predicted octanol–water partition coefficient (Wildman–Crippen LogP) is 2.89. The molecule has 7 nitrogen and oxygen atoms in total. The summed E-state index contributed by atoms with van der Waals surface area (Å²) >= 11 is 1.52. The van der Waals surface area contributed by atoms with Gasteiger partial charge < -0.3 is 9.47 Å². The molecule has 2 aromatic carbocycles. The number of hydrogen-bond acceptors (Lipinski definition) is 6. The van der Waals surface area contributed by atoms with Crippen molar-refractivity contribution in [1.29, 1.82) is 0 Å². The number of thioether (sulfide) groups is 1. The summed E-state index contributed by atoms with van der Waals surface area (Å²) in [5, 5.41) is 10.5. The van der Waals surface area contributed by atoms with Crippen LogP contribution in [0.4, 0.5) is 4.39 Å². The lowest BCUT2D eigenvalue weighted by Crippen LogP contribution is -2.45. The molecule has 3 aromatic rings. The zero-order valence-corrected chi connectivity index (χ0v) is 15.9. The van der Waals surface area contributed by atoms with Gasteiger partial charge >= 0.3 is 0 Å². The fourth-order valence-electron chi connectivity index (χ4n) is 2.87. The SMILES string of the molecule is COc1ccccc1C(=O)N1CCSc2nnc(COc3ccc(F)cc3)n21. The van der Waals surface area contributed by atoms with Crippen molar-refractivity contribution >= 4 is 17.7 Å². The van der Waals surface area contributed by atoms with Gasteiger partial charge in [-0.05, 0) is 36.4 Å². The topological polar surface area (TPSA) is 69.5 Å². The Morgan fingerprint density at radius 3 is 2.75 bits per heavy atom. The van der Waals surface area contributed by atoms with E-state index < -0.39 is 0 Å². The number of amides is 1. The lowest BCUT2D eigenvalue weighted by atomic mass is 10.2. The number of methoxy groups -OCH3 is 1. The first-order valence-electron chi connectivity index (χ1n) is 8.58. The summed E-state index contributed by atoms with van der Waals surface area (Å²) in [7, 11) is 1.53. The minimum atomic E-state index is -0.336. The molecule has 0 atom stereocenters. The van der Waals surface area contributed by atoms with Crippen LogP contribution >= 0.6 is 11.8 Å². The highest BCUT2D eigenvalue weighted by Gasteiger charge is 2.29. The van der Waals surface area contributed by atoms with E-state index in [9.17, 15) is 9.18 Å². The second-order valence-corrected chi connectivity index (χ2v) is 6.99. The first kappa shape index (κ1) is 18.3. The van der Waals surface area contributed by atoms with Crippen molar-refractivity contribution in [2.45, 2.75) is 11.8 Å². The Hall–Kier alpha value is -3.07. The third-order valence-corrected chi connectivity index (χ3v) is 5.11. The second kappa shape index (κ2) is 7.89. The third-order valence-electron chi connectivity index (χ3n) is 4.21. The maximum Gasteiger partial charge on any atom is 0.276 e. The van der Waals surface area contributed by atoms with Crippen LogP contribution in [0.2, 0.25) is 0 Å². The van der Waals surface area contributed by atoms with Gasteiger partial charge in [0, 0.05) is 5.75 Å². The standard InChI is InChI=1S/C19H17FN4O3S/c1-26-16-5-3-2-4-15(16)18(25)23-10-11-28-19-22-21-17(24(19)23)12-27-14-8-6-13(20)7-9-14/h2-9H,10-12H2,1H3. The van der Waals surface area contributed by atoms with Gasteiger partial charge in [0.15, 0.2) is 5.82 Å². The highest BCUT2D eigenvalue weighted by molar-refractivity contribution is 7.99. The molecular formula is C19H17FN4O3S. The number of carbonyl (C=O) groups excluding carboxylic acids is 1. The smallest absolute Gasteiger partial charge is 0.276 e. The van der Waals surface area contributed by atoms with Crippen LogP contribution in [0.15, 0.2) is 53.7 Å². The van der Waals surface area contributed by atoms with Gasteiger partial charge in [-0.2, -0.15) is 0 Å². The van der Waals surface area contributed by atoms with E-state index in [1.165, 1.54) is 43.1 Å². The van der Waals surface area contributed by atoms with Crippen LogP contribution < -0.4 is 14.5 Å². The van der Waals surface area contributed by atoms with Crippen molar-refractivity contribution < 1.29 is 18.7 Å². The van der Waals surface area contributed by atoms with Crippen molar-refractivity contribution in [3.05, 3.63) is 65.7 Å². The number of rotatable bonds is 5. The maximum atomic E-state index is 13.2. The number of ether oxygens (including phenoxy) is 2. The summed E-state index contributed by atoms with van der Waals surface area (Å²) in [5.41, 5.74) is 0.460. The molecule has 0 unspecified atom stereocenters. The average molecular weight is 400 g/mol. The molecule has 0 fully saturated rings. The second-order valence-electron chi connectivity index (χ2n) is 5.93. The predicted molar refractivity (Wildman–Crippen MR) is 102 cm³/mol. The number of hydrogen-bond donors (Lipinski definition) is 0. The highest BCUT2D eigenvalue weighted by atomic mass is 32.2. The van der Waals surface area contributed by atoms with Crippen LogP contribution in [0, 0.1) is 5.82 Å². The summed E-state index contributed by atoms with van der Waals surface area (Å²) in [4.78, 5) is 13.2. The van der Waals surface area contributed by atoms with Crippen LogP contribution in [0.25, 0.3) is 0 Å². The normalized spacial score (nSPS) is 13.1. The first-order chi connectivity index (χ1) is 13.7. The van der Waals surface area contributed by atoms with Crippen LogP contribution in [-0.2, 0) is 6.61 Å². The summed E-state index contributed by atoms with van der Waals surface area (Å²) in [6.45, 7) is 0.588. The van der Waals surface area contributed by atoms with Crippen molar-refractivity contribution in [3.8, 4) is 11.5 Å². The van der Waals surface area contributed by atoms with E-state index in [0.717, 1.165) is 0 Å². The average Bonchev–Trinajstić information content (AvgIpc) is 3.16. The number of halogens is 1. The summed E-state index contributed by atoms with van der Waals surface area (Å²) in [6.07, 6.45) is 0. The largest absolute Gasteiger partial charge is 0.496 e. The van der Waals surface area contributed by atoms with Crippen molar-refractivity contribution in [2.24, 2.45) is 0 Å². The number of aromatic nitrogens is 3. The minimum Gasteiger partial charge on any atom is -0.496 e. The van der Waals surface area contributed by atoms with E-state index in [4.69, 9.17) is 9.47 Å². The van der Waals surface area contributed by atoms with Crippen LogP contribution in [-0.4, -0.2) is 40.2 Å². The van der Waals surface area contributed by atoms with E-state index in [-0.39, 0.29) is 18.3 Å². The Kier molecular flexibility index (Phi) is 5.16. The molecule has 28 heavy (non-hydrogen) atoms. The summed E-state index contributed by atoms with van der Waals surface area (Å²) < 4.78 is 25.7. The fraction of sp³-hybridized carbons (Fsp3) is 0.211. The van der Waals surface area contributed by atoms with Crippen LogP contribution in [0.5, 0.6) is 11.5 Å². The molecule has 0 saturated carbocycles. The van der Waals surface area contributed by atoms with Crippen molar-refractivity contribution in [2.75, 3.05) is 24.4 Å². The van der Waals surface area contributed by atoms with Gasteiger partial charge in [0.1, 0.15) is 23.9 Å². The van der Waals surface area contributed by atoms with E-state index in [1.54, 1.807) is 27.9 Å².